The Morgan fingerprint density at radius 2 is 0.923 bits per heavy atom. The number of allylic oxidation sites excluding steroid dienone is 2. The van der Waals surface area contributed by atoms with E-state index in [-0.39, 0.29) is 23.0 Å². The zero-order chi connectivity index (χ0) is 38.0. The van der Waals surface area contributed by atoms with Crippen LogP contribution in [-0.2, 0) is 27.9 Å². The predicted molar refractivity (Wildman–Crippen MR) is 205 cm³/mol. The van der Waals surface area contributed by atoms with E-state index < -0.39 is 52.2 Å². The van der Waals surface area contributed by atoms with Crippen molar-refractivity contribution in [3.05, 3.63) is 129 Å². The van der Waals surface area contributed by atoms with E-state index in [1.54, 1.807) is 24.3 Å². The second-order valence-corrected chi connectivity index (χ2v) is 57.4. The van der Waals surface area contributed by atoms with Crippen LogP contribution in [0.3, 0.4) is 0 Å². The summed E-state index contributed by atoms with van der Waals surface area (Å²) < 4.78 is 85.7. The van der Waals surface area contributed by atoms with Crippen molar-refractivity contribution in [2.75, 3.05) is 0 Å². The molecule has 275 valence electrons. The van der Waals surface area contributed by atoms with E-state index in [1.165, 1.54) is 24.3 Å². The van der Waals surface area contributed by atoms with Crippen LogP contribution in [0, 0.1) is 11.8 Å². The molecule has 52 heavy (non-hydrogen) atoms. The third kappa shape index (κ3) is 6.35. The molecule has 0 fully saturated rings. The van der Waals surface area contributed by atoms with Gasteiger partial charge >= 0.3 is 314 Å². The quantitative estimate of drug-likeness (QED) is 0.116. The van der Waals surface area contributed by atoms with Crippen LogP contribution < -0.4 is 0 Å². The molecular formula is C42H43Cl2F6SiZr. The van der Waals surface area contributed by atoms with Gasteiger partial charge in [0.05, 0.1) is 0 Å². The van der Waals surface area contributed by atoms with E-state index in [2.05, 4.69) is 52.9 Å². The number of rotatable bonds is 9. The summed E-state index contributed by atoms with van der Waals surface area (Å²) in [5.41, 5.74) is 5.01. The van der Waals surface area contributed by atoms with Gasteiger partial charge in [-0.05, 0) is 0 Å². The number of hydrogen-bond donors (Lipinski definition) is 0. The van der Waals surface area contributed by atoms with Gasteiger partial charge in [0.1, 0.15) is 0 Å². The van der Waals surface area contributed by atoms with E-state index in [0.29, 0.717) is 11.1 Å². The van der Waals surface area contributed by atoms with Crippen molar-refractivity contribution < 1.29 is 41.9 Å². The van der Waals surface area contributed by atoms with Crippen LogP contribution in [0.4, 0.5) is 26.3 Å². The molecule has 0 nitrogen and oxygen atoms in total. The van der Waals surface area contributed by atoms with E-state index in [0.717, 1.165) is 58.4 Å². The maximum absolute atomic E-state index is 14.4. The van der Waals surface area contributed by atoms with Gasteiger partial charge in [-0.25, -0.2) is 0 Å². The molecule has 0 heterocycles. The molecule has 2 aliphatic rings. The summed E-state index contributed by atoms with van der Waals surface area (Å²) in [5, 5.41) is 0. The normalized spacial score (nSPS) is 19.4. The third-order valence-electron chi connectivity index (χ3n) is 11.8. The second-order valence-electron chi connectivity index (χ2n) is 14.9. The van der Waals surface area contributed by atoms with Crippen LogP contribution in [0.15, 0.2) is 96.1 Å². The van der Waals surface area contributed by atoms with Crippen LogP contribution in [0.25, 0.3) is 34.4 Å². The summed E-state index contributed by atoms with van der Waals surface area (Å²) in [7, 11) is 17.2. The molecule has 0 bridgehead atoms. The number of hydrogen-bond acceptors (Lipinski definition) is 0. The molecule has 2 aliphatic carbocycles. The second kappa shape index (κ2) is 14.0. The van der Waals surface area contributed by atoms with Crippen molar-refractivity contribution in [2.45, 2.75) is 73.2 Å². The first-order valence-electron chi connectivity index (χ1n) is 17.9. The first kappa shape index (κ1) is 39.3. The molecule has 0 saturated carbocycles. The van der Waals surface area contributed by atoms with Gasteiger partial charge in [0.15, 0.2) is 0 Å². The molecule has 0 saturated heterocycles. The van der Waals surface area contributed by atoms with Crippen molar-refractivity contribution in [1.82, 2.24) is 0 Å². The fourth-order valence-electron chi connectivity index (χ4n) is 8.64. The maximum atomic E-state index is 14.4. The molecule has 0 amide bonds. The summed E-state index contributed by atoms with van der Waals surface area (Å²) in [5.74, 6) is -2.01. The first-order chi connectivity index (χ1) is 24.4. The Labute approximate surface area is 311 Å². The van der Waals surface area contributed by atoms with E-state index in [4.69, 9.17) is 17.0 Å². The molecule has 0 aliphatic heterocycles. The molecule has 0 spiro atoms. The number of alkyl halides is 6. The van der Waals surface area contributed by atoms with E-state index in [1.807, 2.05) is 24.3 Å². The Balaban J connectivity index is 1.66. The molecule has 10 heteroatoms. The van der Waals surface area contributed by atoms with Gasteiger partial charge in [0.2, 0.25) is 0 Å². The fourth-order valence-corrected chi connectivity index (χ4v) is 39.9. The predicted octanol–water partition coefficient (Wildman–Crippen LogP) is 14.7. The molecule has 6 rings (SSSR count). The van der Waals surface area contributed by atoms with Crippen molar-refractivity contribution in [2.24, 2.45) is 11.8 Å². The number of benzene rings is 4. The zero-order valence-corrected chi connectivity index (χ0v) is 35.2. The Morgan fingerprint density at radius 1 is 0.577 bits per heavy atom. The van der Waals surface area contributed by atoms with Gasteiger partial charge in [0.25, 0.3) is 0 Å². The van der Waals surface area contributed by atoms with Crippen molar-refractivity contribution >= 4 is 35.1 Å². The Morgan fingerprint density at radius 3 is 1.25 bits per heavy atom. The first-order valence-corrected chi connectivity index (χ1v) is 34.3. The van der Waals surface area contributed by atoms with Crippen LogP contribution in [-0.4, -0.2) is 5.92 Å². The van der Waals surface area contributed by atoms with E-state index >= 15 is 0 Å². The van der Waals surface area contributed by atoms with Crippen LogP contribution in [0.1, 0.15) is 81.2 Å². The van der Waals surface area contributed by atoms with Crippen LogP contribution >= 0.6 is 17.0 Å². The molecule has 0 N–H and O–H groups in total. The molecule has 4 atom stereocenters. The molecule has 4 aromatic carbocycles. The minimum absolute atomic E-state index is 0.0307. The summed E-state index contributed by atoms with van der Waals surface area (Å²) in [6.45, 7) is 12.8. The fraction of sp³-hybridized carbons (Fsp3) is 0.333. The minimum atomic E-state index is -5.45. The van der Waals surface area contributed by atoms with Gasteiger partial charge in [-0.1, -0.05) is 0 Å². The van der Waals surface area contributed by atoms with Crippen molar-refractivity contribution in [3.8, 4) is 22.3 Å². The van der Waals surface area contributed by atoms with Gasteiger partial charge in [0, 0.05) is 0 Å². The van der Waals surface area contributed by atoms with Gasteiger partial charge in [-0.2, -0.15) is 0 Å². The molecule has 4 aromatic rings. The van der Waals surface area contributed by atoms with Crippen molar-refractivity contribution in [1.29, 1.82) is 0 Å². The summed E-state index contributed by atoms with van der Waals surface area (Å²) >= 11 is -5.45. The molecule has 4 unspecified atom stereocenters. The SMILES string of the molecule is CCC(C)C1=Cc2c(-c3ccccc3C(F)(F)F)cccc2[CH]1[Zr]([Cl])([Cl])([CH]1C(C(C)CC)=Cc2c(-c3ccccc3C(F)(F)F)cccc21)[SiH](C)C. The number of fused-ring (bicyclic) bond motifs is 2. The Kier molecular flexibility index (Phi) is 10.6. The van der Waals surface area contributed by atoms with Gasteiger partial charge in [-0.15, -0.1) is 0 Å². The standard InChI is InChI=1S/2C20H18F3.C2H7Si.2ClH.Zr/c2*1-3-13(2)15-11-14-7-6-9-16(18(14)12-15)17-8-4-5-10-19(17)20(21,22)23;1-3-2;;;/h2*4-13H,3H2,1-2H3;3H,1-2H3;2*1H;/q;;;;;+2/p-2. The summed E-state index contributed by atoms with van der Waals surface area (Å²) in [4.78, 5) is 0. The van der Waals surface area contributed by atoms with Gasteiger partial charge < -0.3 is 0 Å². The monoisotopic (exact) mass is 849 g/mol. The van der Waals surface area contributed by atoms with Crippen molar-refractivity contribution in [3.63, 3.8) is 0 Å². The average Bonchev–Trinajstić information content (AvgIpc) is 3.71. The van der Waals surface area contributed by atoms with E-state index in [9.17, 15) is 26.3 Å². The third-order valence-corrected chi connectivity index (χ3v) is 63.5. The van der Waals surface area contributed by atoms with Crippen LogP contribution in [0.5, 0.6) is 0 Å². The summed E-state index contributed by atoms with van der Waals surface area (Å²) in [6.07, 6.45) is -3.44. The molecule has 0 radical (unpaired) electrons. The Bertz CT molecular complexity index is 1940. The summed E-state index contributed by atoms with van der Waals surface area (Å²) in [6, 6.07) is 22.4. The number of halogens is 8. The van der Waals surface area contributed by atoms with Gasteiger partial charge in [-0.3, -0.25) is 0 Å². The molecule has 0 aromatic heterocycles. The Hall–Kier alpha value is -2.38. The van der Waals surface area contributed by atoms with Crippen LogP contribution in [0.2, 0.25) is 13.1 Å². The zero-order valence-electron chi connectivity index (χ0n) is 30.1. The topological polar surface area (TPSA) is 0 Å². The molecular weight excluding hydrogens is 809 g/mol. The average molecular weight is 852 g/mol.